The van der Waals surface area contributed by atoms with Crippen molar-refractivity contribution in [3.05, 3.63) is 157 Å². The Balaban J connectivity index is 1.38. The van der Waals surface area contributed by atoms with Crippen LogP contribution < -0.4 is 0 Å². The van der Waals surface area contributed by atoms with Gasteiger partial charge in [-0.1, -0.05) is 109 Å². The maximum atomic E-state index is 13.9. The van der Waals surface area contributed by atoms with Crippen LogP contribution in [0.5, 0.6) is 0 Å². The molecule has 2 heterocycles. The Morgan fingerprint density at radius 3 is 1.82 bits per heavy atom. The first-order valence-corrected chi connectivity index (χ1v) is 14.5. The molecule has 0 atom stereocenters. The fourth-order valence-electron chi connectivity index (χ4n) is 5.78. The van der Waals surface area contributed by atoms with Gasteiger partial charge in [0.15, 0.2) is 5.82 Å². The highest BCUT2D eigenvalue weighted by atomic mass is 19.1. The molecule has 0 spiro atoms. The van der Waals surface area contributed by atoms with E-state index in [0.29, 0.717) is 5.82 Å². The molecule has 0 saturated heterocycles. The van der Waals surface area contributed by atoms with Gasteiger partial charge in [-0.3, -0.25) is 0 Å². The fraction of sp³-hybridized carbons (Fsp3) is 0. The number of hydrogen-bond donors (Lipinski definition) is 0. The van der Waals surface area contributed by atoms with Crippen LogP contribution in [-0.4, -0.2) is 9.97 Å². The monoisotopic (exact) mass is 568 g/mol. The Morgan fingerprint density at radius 1 is 0.432 bits per heavy atom. The fourth-order valence-corrected chi connectivity index (χ4v) is 5.78. The van der Waals surface area contributed by atoms with Gasteiger partial charge >= 0.3 is 0 Å². The lowest BCUT2D eigenvalue weighted by Gasteiger charge is -2.13. The molecule has 0 aliphatic rings. The summed E-state index contributed by atoms with van der Waals surface area (Å²) in [7, 11) is 0. The Bertz CT molecular complexity index is 2220. The minimum Gasteiger partial charge on any atom is -0.455 e. The van der Waals surface area contributed by atoms with Gasteiger partial charge in [-0.05, 0) is 59.2 Å². The molecule has 8 rings (SSSR count). The molecule has 0 saturated carbocycles. The van der Waals surface area contributed by atoms with Crippen molar-refractivity contribution in [3.63, 3.8) is 0 Å². The van der Waals surface area contributed by atoms with E-state index in [1.165, 1.54) is 12.1 Å². The minimum atomic E-state index is -0.270. The third-order valence-corrected chi connectivity index (χ3v) is 7.95. The molecule has 2 aromatic heterocycles. The van der Waals surface area contributed by atoms with Crippen LogP contribution in [0.25, 0.3) is 78.1 Å². The van der Waals surface area contributed by atoms with Gasteiger partial charge in [0, 0.05) is 33.0 Å². The van der Waals surface area contributed by atoms with Crippen molar-refractivity contribution in [2.45, 2.75) is 0 Å². The van der Waals surface area contributed by atoms with E-state index in [9.17, 15) is 4.39 Å². The molecule has 6 aromatic carbocycles. The minimum absolute atomic E-state index is 0.270. The van der Waals surface area contributed by atoms with Crippen LogP contribution in [0.4, 0.5) is 4.39 Å². The predicted octanol–water partition coefficient (Wildman–Crippen LogP) is 10.9. The Morgan fingerprint density at radius 2 is 1.05 bits per heavy atom. The lowest BCUT2D eigenvalue weighted by atomic mass is 9.93. The first-order valence-electron chi connectivity index (χ1n) is 14.5. The smallest absolute Gasteiger partial charge is 0.160 e. The average molecular weight is 569 g/mol. The van der Waals surface area contributed by atoms with Crippen molar-refractivity contribution in [2.75, 3.05) is 0 Å². The van der Waals surface area contributed by atoms with Gasteiger partial charge in [-0.2, -0.15) is 0 Å². The standard InChI is InChI=1S/C40H25FN2O/c41-32-20-18-26(19-21-32)29-22-30(33-15-9-16-35-34-14-7-8-17-38(34)44-39(33)35)24-31(23-29)37-25-36(27-10-3-1-4-11-27)42-40(43-37)28-12-5-2-6-13-28/h1-25H. The first-order chi connectivity index (χ1) is 21.7. The van der Waals surface area contributed by atoms with Gasteiger partial charge in [0.2, 0.25) is 0 Å². The number of hydrogen-bond acceptors (Lipinski definition) is 3. The highest BCUT2D eigenvalue weighted by molar-refractivity contribution is 6.09. The molecule has 44 heavy (non-hydrogen) atoms. The third kappa shape index (κ3) is 4.73. The molecule has 0 unspecified atom stereocenters. The van der Waals surface area contributed by atoms with Crippen molar-refractivity contribution >= 4 is 21.9 Å². The summed E-state index contributed by atoms with van der Waals surface area (Å²) >= 11 is 0. The van der Waals surface area contributed by atoms with Crippen LogP contribution >= 0.6 is 0 Å². The molecule has 0 amide bonds. The zero-order valence-electron chi connectivity index (χ0n) is 23.6. The zero-order chi connectivity index (χ0) is 29.5. The van der Waals surface area contributed by atoms with Crippen molar-refractivity contribution in [1.29, 1.82) is 0 Å². The number of benzene rings is 6. The van der Waals surface area contributed by atoms with Crippen LogP contribution in [0.15, 0.2) is 156 Å². The molecule has 0 bridgehead atoms. The number of furan rings is 1. The van der Waals surface area contributed by atoms with Crippen LogP contribution in [0.1, 0.15) is 0 Å². The van der Waals surface area contributed by atoms with Gasteiger partial charge < -0.3 is 4.42 Å². The zero-order valence-corrected chi connectivity index (χ0v) is 23.6. The number of rotatable bonds is 5. The molecule has 208 valence electrons. The highest BCUT2D eigenvalue weighted by Gasteiger charge is 2.16. The number of fused-ring (bicyclic) bond motifs is 3. The van der Waals surface area contributed by atoms with Gasteiger partial charge in [0.05, 0.1) is 11.4 Å². The summed E-state index contributed by atoms with van der Waals surface area (Å²) in [6.07, 6.45) is 0. The van der Waals surface area contributed by atoms with Crippen molar-refractivity contribution in [1.82, 2.24) is 9.97 Å². The number of halogens is 1. The van der Waals surface area contributed by atoms with Crippen molar-refractivity contribution in [3.8, 4) is 56.2 Å². The predicted molar refractivity (Wildman–Crippen MR) is 176 cm³/mol. The summed E-state index contributed by atoms with van der Waals surface area (Å²) in [6.45, 7) is 0. The largest absolute Gasteiger partial charge is 0.455 e. The molecule has 0 aliphatic carbocycles. The summed E-state index contributed by atoms with van der Waals surface area (Å²) in [6, 6.07) is 49.6. The second-order valence-corrected chi connectivity index (χ2v) is 10.8. The van der Waals surface area contributed by atoms with E-state index in [-0.39, 0.29) is 5.82 Å². The highest BCUT2D eigenvalue weighted by Crippen LogP contribution is 2.39. The summed E-state index contributed by atoms with van der Waals surface area (Å²) in [5.41, 5.74) is 9.99. The lowest BCUT2D eigenvalue weighted by Crippen LogP contribution is -1.96. The first kappa shape index (κ1) is 25.8. The molecule has 8 aromatic rings. The maximum Gasteiger partial charge on any atom is 0.160 e. The van der Waals surface area contributed by atoms with Gasteiger partial charge in [-0.25, -0.2) is 14.4 Å². The van der Waals surface area contributed by atoms with Crippen LogP contribution in [0, 0.1) is 5.82 Å². The summed E-state index contributed by atoms with van der Waals surface area (Å²) in [4.78, 5) is 10.1. The number of para-hydroxylation sites is 2. The van der Waals surface area contributed by atoms with Crippen molar-refractivity contribution in [2.24, 2.45) is 0 Å². The maximum absolute atomic E-state index is 13.9. The number of aromatic nitrogens is 2. The Labute approximate surface area is 253 Å². The van der Waals surface area contributed by atoms with Crippen LogP contribution in [-0.2, 0) is 0 Å². The quantitative estimate of drug-likeness (QED) is 0.207. The van der Waals surface area contributed by atoms with E-state index in [2.05, 4.69) is 54.6 Å². The molecular weight excluding hydrogens is 543 g/mol. The normalized spacial score (nSPS) is 11.3. The molecule has 0 fully saturated rings. The molecule has 0 N–H and O–H groups in total. The topological polar surface area (TPSA) is 38.9 Å². The summed E-state index contributed by atoms with van der Waals surface area (Å²) in [5.74, 6) is 0.378. The van der Waals surface area contributed by atoms with Gasteiger partial charge in [0.25, 0.3) is 0 Å². The van der Waals surface area contributed by atoms with Crippen molar-refractivity contribution < 1.29 is 8.81 Å². The molecule has 0 radical (unpaired) electrons. The molecule has 0 aliphatic heterocycles. The van der Waals surface area contributed by atoms with E-state index < -0.39 is 0 Å². The SMILES string of the molecule is Fc1ccc(-c2cc(-c3cc(-c4ccccc4)nc(-c4ccccc4)n3)cc(-c3cccc4c3oc3ccccc34)c2)cc1. The van der Waals surface area contributed by atoms with E-state index in [1.807, 2.05) is 84.9 Å². The van der Waals surface area contributed by atoms with E-state index in [0.717, 1.165) is 72.3 Å². The second kappa shape index (κ2) is 10.8. The summed E-state index contributed by atoms with van der Waals surface area (Å²) < 4.78 is 20.4. The summed E-state index contributed by atoms with van der Waals surface area (Å²) in [5, 5.41) is 2.14. The lowest BCUT2D eigenvalue weighted by molar-refractivity contribution is 0.628. The van der Waals surface area contributed by atoms with E-state index in [4.69, 9.17) is 14.4 Å². The molecule has 3 nitrogen and oxygen atoms in total. The Hall–Kier alpha value is -5.87. The molecule has 4 heteroatoms. The Kier molecular flexibility index (Phi) is 6.31. The van der Waals surface area contributed by atoms with Gasteiger partial charge in [-0.15, -0.1) is 0 Å². The van der Waals surface area contributed by atoms with Gasteiger partial charge in [0.1, 0.15) is 17.0 Å². The second-order valence-electron chi connectivity index (χ2n) is 10.8. The molecular formula is C40H25FN2O. The van der Waals surface area contributed by atoms with E-state index >= 15 is 0 Å². The third-order valence-electron chi connectivity index (χ3n) is 7.95. The average Bonchev–Trinajstić information content (AvgIpc) is 3.48. The van der Waals surface area contributed by atoms with E-state index in [1.54, 1.807) is 0 Å². The van der Waals surface area contributed by atoms with Crippen LogP contribution in [0.3, 0.4) is 0 Å². The number of nitrogens with zero attached hydrogens (tertiary/aromatic N) is 2. The van der Waals surface area contributed by atoms with Crippen LogP contribution in [0.2, 0.25) is 0 Å².